The molecule has 2 atom stereocenters. The molecule has 3 aliphatic rings. The molecule has 3 saturated carbocycles. The zero-order valence-electron chi connectivity index (χ0n) is 11.5. The van der Waals surface area contributed by atoms with Crippen molar-refractivity contribution in [3.8, 4) is 0 Å². The first-order chi connectivity index (χ1) is 8.01. The molecule has 1 nitrogen and oxygen atoms in total. The Hall–Kier alpha value is -0.300. The van der Waals surface area contributed by atoms with Crippen LogP contribution in [-0.2, 0) is 0 Å². The molecule has 17 heavy (non-hydrogen) atoms. The summed E-state index contributed by atoms with van der Waals surface area (Å²) < 4.78 is 0. The Morgan fingerprint density at radius 2 is 1.71 bits per heavy atom. The Morgan fingerprint density at radius 1 is 1.06 bits per heavy atom. The lowest BCUT2D eigenvalue weighted by molar-refractivity contribution is 0.130. The van der Waals surface area contributed by atoms with Gasteiger partial charge in [-0.1, -0.05) is 45.3 Å². The van der Waals surface area contributed by atoms with Gasteiger partial charge in [-0.2, -0.15) is 0 Å². The molecule has 3 fully saturated rings. The van der Waals surface area contributed by atoms with E-state index in [0.717, 1.165) is 24.7 Å². The van der Waals surface area contributed by atoms with Crippen LogP contribution >= 0.6 is 0 Å². The standard InChI is InChI=1S/C10H16.C6H12O/c1-7-8-4-5-9(6-8)10(7,2)3;7-6-4-2-1-3-5-6/h8-9H,1,4-6H2,2-3H3;6-7H,1-5H2. The van der Waals surface area contributed by atoms with Crippen LogP contribution in [0.15, 0.2) is 12.2 Å². The summed E-state index contributed by atoms with van der Waals surface area (Å²) in [7, 11) is 0. The maximum atomic E-state index is 8.91. The first-order valence-electron chi connectivity index (χ1n) is 7.39. The fraction of sp³-hybridized carbons (Fsp3) is 0.875. The van der Waals surface area contributed by atoms with E-state index in [9.17, 15) is 0 Å². The van der Waals surface area contributed by atoms with E-state index in [1.54, 1.807) is 0 Å². The summed E-state index contributed by atoms with van der Waals surface area (Å²) in [5.74, 6) is 1.85. The van der Waals surface area contributed by atoms with Crippen LogP contribution in [0.3, 0.4) is 0 Å². The third kappa shape index (κ3) is 2.76. The highest BCUT2D eigenvalue weighted by Crippen LogP contribution is 2.58. The molecule has 98 valence electrons. The first kappa shape index (κ1) is 13.1. The van der Waals surface area contributed by atoms with Crippen LogP contribution < -0.4 is 0 Å². The van der Waals surface area contributed by atoms with Gasteiger partial charge in [-0.05, 0) is 49.4 Å². The van der Waals surface area contributed by atoms with Crippen molar-refractivity contribution in [1.82, 2.24) is 0 Å². The van der Waals surface area contributed by atoms with Gasteiger partial charge in [-0.15, -0.1) is 0 Å². The molecule has 0 aromatic heterocycles. The minimum absolute atomic E-state index is 0.0359. The Labute approximate surface area is 106 Å². The highest BCUT2D eigenvalue weighted by atomic mass is 16.3. The van der Waals surface area contributed by atoms with Gasteiger partial charge in [0.2, 0.25) is 0 Å². The molecule has 0 amide bonds. The summed E-state index contributed by atoms with van der Waals surface area (Å²) in [5, 5.41) is 8.91. The predicted octanol–water partition coefficient (Wildman–Crippen LogP) is 4.31. The maximum absolute atomic E-state index is 8.91. The summed E-state index contributed by atoms with van der Waals surface area (Å²) in [6.07, 6.45) is 10.2. The fourth-order valence-electron chi connectivity index (χ4n) is 3.82. The van der Waals surface area contributed by atoms with E-state index in [1.165, 1.54) is 44.1 Å². The zero-order chi connectivity index (χ0) is 12.5. The molecule has 0 aromatic carbocycles. The Kier molecular flexibility index (Phi) is 3.97. The van der Waals surface area contributed by atoms with E-state index < -0.39 is 0 Å². The summed E-state index contributed by atoms with van der Waals surface area (Å²) >= 11 is 0. The van der Waals surface area contributed by atoms with Crippen LogP contribution in [0.25, 0.3) is 0 Å². The molecular formula is C16H28O. The number of aliphatic hydroxyl groups is 1. The van der Waals surface area contributed by atoms with E-state index in [0.29, 0.717) is 5.41 Å². The number of hydrogen-bond donors (Lipinski definition) is 1. The normalized spacial score (nSPS) is 35.6. The van der Waals surface area contributed by atoms with Gasteiger partial charge in [-0.3, -0.25) is 0 Å². The van der Waals surface area contributed by atoms with Gasteiger partial charge in [0.25, 0.3) is 0 Å². The van der Waals surface area contributed by atoms with E-state index in [2.05, 4.69) is 20.4 Å². The minimum atomic E-state index is 0.0359. The molecule has 2 bridgehead atoms. The summed E-state index contributed by atoms with van der Waals surface area (Å²) in [6, 6.07) is 0. The minimum Gasteiger partial charge on any atom is -0.393 e. The topological polar surface area (TPSA) is 20.2 Å². The molecule has 3 rings (SSSR count). The van der Waals surface area contributed by atoms with Gasteiger partial charge in [0.15, 0.2) is 0 Å². The van der Waals surface area contributed by atoms with Crippen molar-refractivity contribution in [2.45, 2.75) is 71.3 Å². The van der Waals surface area contributed by atoms with Gasteiger partial charge in [0.05, 0.1) is 6.10 Å². The molecule has 2 unspecified atom stereocenters. The van der Waals surface area contributed by atoms with Gasteiger partial charge < -0.3 is 5.11 Å². The monoisotopic (exact) mass is 236 g/mol. The van der Waals surface area contributed by atoms with Crippen LogP contribution in [0, 0.1) is 17.3 Å². The quantitative estimate of drug-likeness (QED) is 0.621. The summed E-state index contributed by atoms with van der Waals surface area (Å²) in [5.41, 5.74) is 2.01. The van der Waals surface area contributed by atoms with Crippen LogP contribution in [0.5, 0.6) is 0 Å². The second-order valence-corrected chi connectivity index (χ2v) is 6.75. The van der Waals surface area contributed by atoms with Crippen LogP contribution in [-0.4, -0.2) is 11.2 Å². The van der Waals surface area contributed by atoms with E-state index in [4.69, 9.17) is 5.11 Å². The lowest BCUT2D eigenvalue weighted by Crippen LogP contribution is -2.21. The van der Waals surface area contributed by atoms with Crippen molar-refractivity contribution in [2.75, 3.05) is 0 Å². The van der Waals surface area contributed by atoms with Crippen molar-refractivity contribution in [2.24, 2.45) is 17.3 Å². The Balaban J connectivity index is 0.000000136. The second kappa shape index (κ2) is 5.14. The highest BCUT2D eigenvalue weighted by Gasteiger charge is 2.47. The predicted molar refractivity (Wildman–Crippen MR) is 72.8 cm³/mol. The van der Waals surface area contributed by atoms with Crippen molar-refractivity contribution < 1.29 is 5.11 Å². The van der Waals surface area contributed by atoms with Gasteiger partial charge >= 0.3 is 0 Å². The largest absolute Gasteiger partial charge is 0.393 e. The van der Waals surface area contributed by atoms with Crippen molar-refractivity contribution in [1.29, 1.82) is 0 Å². The van der Waals surface area contributed by atoms with Crippen LogP contribution in [0.2, 0.25) is 0 Å². The molecule has 3 aliphatic carbocycles. The van der Waals surface area contributed by atoms with Gasteiger partial charge in [-0.25, -0.2) is 0 Å². The number of allylic oxidation sites excluding steroid dienone is 1. The molecule has 1 N–H and O–H groups in total. The van der Waals surface area contributed by atoms with Crippen molar-refractivity contribution >= 4 is 0 Å². The number of rotatable bonds is 0. The van der Waals surface area contributed by atoms with Gasteiger partial charge in [0, 0.05) is 0 Å². The molecule has 0 aromatic rings. The first-order valence-corrected chi connectivity index (χ1v) is 7.39. The lowest BCUT2D eigenvalue weighted by atomic mass is 9.73. The molecule has 0 spiro atoms. The smallest absolute Gasteiger partial charge is 0.0540 e. The number of aliphatic hydroxyl groups excluding tert-OH is 1. The average molecular weight is 236 g/mol. The Bertz CT molecular complexity index is 273. The summed E-state index contributed by atoms with van der Waals surface area (Å²) in [4.78, 5) is 0. The van der Waals surface area contributed by atoms with Crippen LogP contribution in [0.4, 0.5) is 0 Å². The molecule has 0 aliphatic heterocycles. The third-order valence-electron chi connectivity index (χ3n) is 5.35. The molecule has 0 saturated heterocycles. The number of fused-ring (bicyclic) bond motifs is 2. The summed E-state index contributed by atoms with van der Waals surface area (Å²) in [6.45, 7) is 8.91. The highest BCUT2D eigenvalue weighted by molar-refractivity contribution is 5.22. The third-order valence-corrected chi connectivity index (χ3v) is 5.35. The fourth-order valence-corrected chi connectivity index (χ4v) is 3.82. The van der Waals surface area contributed by atoms with E-state index >= 15 is 0 Å². The van der Waals surface area contributed by atoms with E-state index in [-0.39, 0.29) is 6.10 Å². The molecule has 1 heteroatoms. The maximum Gasteiger partial charge on any atom is 0.0540 e. The average Bonchev–Trinajstić information content (AvgIpc) is 2.85. The molecule has 0 heterocycles. The molecular weight excluding hydrogens is 208 g/mol. The molecule has 0 radical (unpaired) electrons. The van der Waals surface area contributed by atoms with Crippen molar-refractivity contribution in [3.63, 3.8) is 0 Å². The van der Waals surface area contributed by atoms with Crippen LogP contribution in [0.1, 0.15) is 65.2 Å². The second-order valence-electron chi connectivity index (χ2n) is 6.75. The van der Waals surface area contributed by atoms with E-state index in [1.807, 2.05) is 0 Å². The number of hydrogen-bond acceptors (Lipinski definition) is 1. The SMILES string of the molecule is C=C1C2CCC(C2)C1(C)C.OC1CCCCC1. The van der Waals surface area contributed by atoms with Crippen molar-refractivity contribution in [3.05, 3.63) is 12.2 Å². The zero-order valence-corrected chi connectivity index (χ0v) is 11.5. The lowest BCUT2D eigenvalue weighted by Gasteiger charge is -2.31. The Morgan fingerprint density at radius 3 is 2.00 bits per heavy atom. The van der Waals surface area contributed by atoms with Gasteiger partial charge in [0.1, 0.15) is 0 Å².